The van der Waals surface area contributed by atoms with E-state index in [1.807, 2.05) is 0 Å². The third-order valence-corrected chi connectivity index (χ3v) is 5.72. The minimum absolute atomic E-state index is 0.348. The Morgan fingerprint density at radius 2 is 1.89 bits per heavy atom. The largest absolute Gasteiger partial charge is 0.314 e. The lowest BCUT2D eigenvalue weighted by atomic mass is 9.94. The molecule has 4 heteroatoms. The summed E-state index contributed by atoms with van der Waals surface area (Å²) in [6.07, 6.45) is 8.43. The molecule has 0 bridgehead atoms. The monoisotopic (exact) mass is 275 g/mol. The second kappa shape index (κ2) is 8.16. The van der Waals surface area contributed by atoms with Crippen molar-refractivity contribution in [1.29, 1.82) is 0 Å². The van der Waals surface area contributed by atoms with E-state index in [2.05, 4.69) is 19.2 Å². The lowest BCUT2D eigenvalue weighted by Gasteiger charge is -2.23. The molecule has 108 valence electrons. The van der Waals surface area contributed by atoms with Crippen LogP contribution in [0.4, 0.5) is 0 Å². The summed E-state index contributed by atoms with van der Waals surface area (Å²) >= 11 is 0. The SMILES string of the molecule is CCCCCCCC(NCC)C1CCS(=O)(=O)C1. The third-order valence-electron chi connectivity index (χ3n) is 3.92. The van der Waals surface area contributed by atoms with Gasteiger partial charge in [-0.15, -0.1) is 0 Å². The number of sulfone groups is 1. The summed E-state index contributed by atoms with van der Waals surface area (Å²) in [5.41, 5.74) is 0. The van der Waals surface area contributed by atoms with Gasteiger partial charge < -0.3 is 5.32 Å². The molecule has 0 amide bonds. The van der Waals surface area contributed by atoms with E-state index < -0.39 is 9.84 Å². The smallest absolute Gasteiger partial charge is 0.150 e. The maximum absolute atomic E-state index is 11.5. The summed E-state index contributed by atoms with van der Waals surface area (Å²) < 4.78 is 23.1. The highest BCUT2D eigenvalue weighted by Gasteiger charge is 2.32. The molecular formula is C14H29NO2S. The van der Waals surface area contributed by atoms with Gasteiger partial charge in [-0.2, -0.15) is 0 Å². The van der Waals surface area contributed by atoms with E-state index in [4.69, 9.17) is 0 Å². The summed E-state index contributed by atoms with van der Waals surface area (Å²) in [6, 6.07) is 0.411. The van der Waals surface area contributed by atoms with Crippen molar-refractivity contribution in [2.24, 2.45) is 5.92 Å². The molecule has 0 spiro atoms. The predicted molar refractivity (Wildman–Crippen MR) is 77.6 cm³/mol. The maximum Gasteiger partial charge on any atom is 0.150 e. The second-order valence-electron chi connectivity index (χ2n) is 5.53. The first-order valence-electron chi connectivity index (χ1n) is 7.53. The third kappa shape index (κ3) is 5.70. The standard InChI is InChI=1S/C14H29NO2S/c1-3-5-6-7-8-9-14(15-4-2)13-10-11-18(16,17)12-13/h13-15H,3-12H2,1-2H3. The highest BCUT2D eigenvalue weighted by atomic mass is 32.2. The lowest BCUT2D eigenvalue weighted by molar-refractivity contribution is 0.355. The highest BCUT2D eigenvalue weighted by Crippen LogP contribution is 2.24. The van der Waals surface area contributed by atoms with Gasteiger partial charge in [-0.3, -0.25) is 0 Å². The van der Waals surface area contributed by atoms with Gasteiger partial charge in [0.25, 0.3) is 0 Å². The van der Waals surface area contributed by atoms with E-state index in [1.54, 1.807) is 0 Å². The van der Waals surface area contributed by atoms with Crippen molar-refractivity contribution >= 4 is 9.84 Å². The Labute approximate surface area is 113 Å². The molecule has 2 atom stereocenters. The first-order chi connectivity index (χ1) is 8.59. The van der Waals surface area contributed by atoms with Gasteiger partial charge in [0.1, 0.15) is 0 Å². The van der Waals surface area contributed by atoms with Crippen LogP contribution in [0.15, 0.2) is 0 Å². The van der Waals surface area contributed by atoms with Gasteiger partial charge in [0.2, 0.25) is 0 Å². The van der Waals surface area contributed by atoms with Gasteiger partial charge in [-0.25, -0.2) is 8.42 Å². The summed E-state index contributed by atoms with van der Waals surface area (Å²) in [5, 5.41) is 3.49. The Bertz CT molecular complexity index is 314. The van der Waals surface area contributed by atoms with Crippen LogP contribution in [0, 0.1) is 5.92 Å². The van der Waals surface area contributed by atoms with E-state index in [0.29, 0.717) is 23.5 Å². The molecule has 0 saturated carbocycles. The van der Waals surface area contributed by atoms with Crippen LogP contribution in [0.3, 0.4) is 0 Å². The zero-order chi connectivity index (χ0) is 13.4. The molecule has 1 fully saturated rings. The van der Waals surface area contributed by atoms with Crippen molar-refractivity contribution in [1.82, 2.24) is 5.32 Å². The maximum atomic E-state index is 11.5. The quantitative estimate of drug-likeness (QED) is 0.658. The zero-order valence-electron chi connectivity index (χ0n) is 12.0. The van der Waals surface area contributed by atoms with Crippen LogP contribution < -0.4 is 5.32 Å². The Balaban J connectivity index is 2.31. The summed E-state index contributed by atoms with van der Waals surface area (Å²) in [7, 11) is -2.74. The van der Waals surface area contributed by atoms with E-state index in [9.17, 15) is 8.42 Å². The first-order valence-corrected chi connectivity index (χ1v) is 9.35. The van der Waals surface area contributed by atoms with E-state index in [-0.39, 0.29) is 0 Å². The molecule has 2 unspecified atom stereocenters. The van der Waals surface area contributed by atoms with Crippen molar-refractivity contribution in [3.63, 3.8) is 0 Å². The molecule has 1 saturated heterocycles. The Kier molecular flexibility index (Phi) is 7.23. The topological polar surface area (TPSA) is 46.2 Å². The van der Waals surface area contributed by atoms with E-state index in [1.165, 1.54) is 32.1 Å². The normalized spacial score (nSPS) is 24.2. The van der Waals surface area contributed by atoms with Crippen LogP contribution >= 0.6 is 0 Å². The fourth-order valence-corrected chi connectivity index (χ4v) is 4.76. The molecule has 1 aliphatic heterocycles. The molecule has 0 aliphatic carbocycles. The molecule has 0 radical (unpaired) electrons. The zero-order valence-corrected chi connectivity index (χ0v) is 12.8. The molecule has 0 aromatic heterocycles. The summed E-state index contributed by atoms with van der Waals surface area (Å²) in [5.74, 6) is 1.15. The Morgan fingerprint density at radius 1 is 1.17 bits per heavy atom. The fraction of sp³-hybridized carbons (Fsp3) is 1.00. The van der Waals surface area contributed by atoms with Gasteiger partial charge in [0, 0.05) is 6.04 Å². The number of rotatable bonds is 9. The average Bonchev–Trinajstić information content (AvgIpc) is 2.68. The summed E-state index contributed by atoms with van der Waals surface area (Å²) in [4.78, 5) is 0. The van der Waals surface area contributed by atoms with E-state index >= 15 is 0 Å². The number of nitrogens with one attached hydrogen (secondary N) is 1. The van der Waals surface area contributed by atoms with Gasteiger partial charge in [-0.1, -0.05) is 46.0 Å². The van der Waals surface area contributed by atoms with Gasteiger partial charge in [-0.05, 0) is 25.3 Å². The van der Waals surface area contributed by atoms with Crippen molar-refractivity contribution in [2.75, 3.05) is 18.1 Å². The number of hydrogen-bond acceptors (Lipinski definition) is 3. The minimum Gasteiger partial charge on any atom is -0.314 e. The second-order valence-corrected chi connectivity index (χ2v) is 7.76. The molecule has 18 heavy (non-hydrogen) atoms. The van der Waals surface area contributed by atoms with Crippen molar-refractivity contribution in [2.45, 2.75) is 64.8 Å². The molecule has 0 aromatic carbocycles. The fourth-order valence-electron chi connectivity index (χ4n) is 2.88. The minimum atomic E-state index is -2.74. The molecule has 3 nitrogen and oxygen atoms in total. The van der Waals surface area contributed by atoms with Crippen LogP contribution in [0.2, 0.25) is 0 Å². The highest BCUT2D eigenvalue weighted by molar-refractivity contribution is 7.91. The number of hydrogen-bond donors (Lipinski definition) is 1. The predicted octanol–water partition coefficient (Wildman–Crippen LogP) is 2.76. The first kappa shape index (κ1) is 16.0. The van der Waals surface area contributed by atoms with Crippen molar-refractivity contribution in [3.8, 4) is 0 Å². The van der Waals surface area contributed by atoms with E-state index in [0.717, 1.165) is 19.4 Å². The van der Waals surface area contributed by atoms with Crippen LogP contribution in [-0.4, -0.2) is 32.5 Å². The molecular weight excluding hydrogens is 246 g/mol. The van der Waals surface area contributed by atoms with Crippen LogP contribution in [0.25, 0.3) is 0 Å². The molecule has 1 heterocycles. The average molecular weight is 275 g/mol. The van der Waals surface area contributed by atoms with Gasteiger partial charge >= 0.3 is 0 Å². The molecule has 1 aliphatic rings. The Hall–Kier alpha value is -0.0900. The molecule has 1 N–H and O–H groups in total. The van der Waals surface area contributed by atoms with Crippen LogP contribution in [0.1, 0.15) is 58.8 Å². The number of unbranched alkanes of at least 4 members (excludes halogenated alkanes) is 4. The van der Waals surface area contributed by atoms with Crippen molar-refractivity contribution in [3.05, 3.63) is 0 Å². The van der Waals surface area contributed by atoms with Crippen LogP contribution in [0.5, 0.6) is 0 Å². The Morgan fingerprint density at radius 3 is 2.44 bits per heavy atom. The molecule has 0 aromatic rings. The van der Waals surface area contributed by atoms with Crippen molar-refractivity contribution < 1.29 is 8.42 Å². The molecule has 1 rings (SSSR count). The van der Waals surface area contributed by atoms with Gasteiger partial charge in [0.15, 0.2) is 9.84 Å². The van der Waals surface area contributed by atoms with Crippen LogP contribution in [-0.2, 0) is 9.84 Å². The summed E-state index contributed by atoms with van der Waals surface area (Å²) in [6.45, 7) is 5.27. The van der Waals surface area contributed by atoms with Gasteiger partial charge in [0.05, 0.1) is 11.5 Å². The lowest BCUT2D eigenvalue weighted by Crippen LogP contribution is -2.36.